The highest BCUT2D eigenvalue weighted by molar-refractivity contribution is 6.11. The summed E-state index contributed by atoms with van der Waals surface area (Å²) in [5.74, 6) is 1.76. The van der Waals surface area contributed by atoms with Crippen LogP contribution >= 0.6 is 0 Å². The largest absolute Gasteiger partial charge is 0.455 e. The van der Waals surface area contributed by atoms with Crippen LogP contribution < -0.4 is 0 Å². The maximum atomic E-state index is 6.56. The zero-order valence-corrected chi connectivity index (χ0v) is 35.3. The molecule has 0 saturated carbocycles. The van der Waals surface area contributed by atoms with E-state index < -0.39 is 0 Å². The van der Waals surface area contributed by atoms with Gasteiger partial charge in [0.05, 0.1) is 16.6 Å². The van der Waals surface area contributed by atoms with Crippen molar-refractivity contribution in [3.05, 3.63) is 181 Å². The van der Waals surface area contributed by atoms with Crippen molar-refractivity contribution in [2.24, 2.45) is 0 Å². The summed E-state index contributed by atoms with van der Waals surface area (Å²) in [5.41, 5.74) is 13.1. The molecule has 0 amide bonds. The normalized spacial score (nSPS) is 14.6. The number of para-hydroxylation sites is 3. The van der Waals surface area contributed by atoms with E-state index in [9.17, 15) is 0 Å². The van der Waals surface area contributed by atoms with E-state index in [1.165, 1.54) is 39.4 Å². The molecular weight excluding hydrogens is 757 g/mol. The Hall–Kier alpha value is -7.37. The van der Waals surface area contributed by atoms with Crippen molar-refractivity contribution in [1.82, 2.24) is 19.5 Å². The monoisotopic (exact) mass is 800 g/mol. The van der Waals surface area contributed by atoms with Crippen molar-refractivity contribution in [3.63, 3.8) is 0 Å². The van der Waals surface area contributed by atoms with Gasteiger partial charge in [0.25, 0.3) is 0 Å². The summed E-state index contributed by atoms with van der Waals surface area (Å²) in [6.07, 6.45) is 2.34. The lowest BCUT2D eigenvalue weighted by Gasteiger charge is -2.42. The van der Waals surface area contributed by atoms with Gasteiger partial charge in [-0.15, -0.1) is 0 Å². The molecule has 12 rings (SSSR count). The summed E-state index contributed by atoms with van der Waals surface area (Å²) < 4.78 is 9.02. The van der Waals surface area contributed by atoms with E-state index in [4.69, 9.17) is 19.4 Å². The standard InChI is InChI=1S/C57H44N4O/c1-56(2)29-30-57(3,4)48-34-50-46(33-47(48)56)40-20-8-10-25-49(40)61(50)39-28-27-36-17-13-23-43(45(36)32-39)54-58-53(38-19-12-18-37(31-38)35-15-6-5-7-16-35)59-55(60-54)44-24-14-22-42-41-21-9-11-26-51(41)62-52(42)44/h5-28,31-34H,29-30H2,1-4H3. The molecule has 1 aliphatic carbocycles. The third kappa shape index (κ3) is 5.72. The van der Waals surface area contributed by atoms with E-state index in [0.717, 1.165) is 72.6 Å². The molecule has 5 heteroatoms. The Kier molecular flexibility index (Phi) is 7.98. The Morgan fingerprint density at radius 3 is 1.90 bits per heavy atom. The van der Waals surface area contributed by atoms with Crippen LogP contribution in [0.2, 0.25) is 0 Å². The van der Waals surface area contributed by atoms with Crippen LogP contribution in [0.1, 0.15) is 51.7 Å². The topological polar surface area (TPSA) is 56.7 Å². The number of hydrogen-bond acceptors (Lipinski definition) is 4. The summed E-state index contributed by atoms with van der Waals surface area (Å²) in [7, 11) is 0. The quantitative estimate of drug-likeness (QED) is 0.174. The SMILES string of the molecule is CC1(C)CCC(C)(C)c2cc3c(cc21)c1ccccc1n3-c1ccc2cccc(-c3nc(-c4cccc(-c5ccccc5)c4)nc(-c4cccc5c4oc4ccccc45)n3)c2c1. The van der Waals surface area contributed by atoms with Gasteiger partial charge in [-0.3, -0.25) is 0 Å². The summed E-state index contributed by atoms with van der Waals surface area (Å²) in [5, 5.41) is 6.83. The van der Waals surface area contributed by atoms with E-state index in [2.05, 4.69) is 178 Å². The van der Waals surface area contributed by atoms with Crippen LogP contribution in [0.3, 0.4) is 0 Å². The lowest BCUT2D eigenvalue weighted by molar-refractivity contribution is 0.332. The van der Waals surface area contributed by atoms with Crippen molar-refractivity contribution in [2.45, 2.75) is 51.4 Å². The number of rotatable bonds is 5. The average Bonchev–Trinajstić information content (AvgIpc) is 3.86. The molecule has 298 valence electrons. The molecule has 0 spiro atoms. The first-order valence-corrected chi connectivity index (χ1v) is 21.6. The minimum atomic E-state index is 0.0816. The van der Waals surface area contributed by atoms with Crippen molar-refractivity contribution >= 4 is 54.5 Å². The molecule has 0 aliphatic heterocycles. The van der Waals surface area contributed by atoms with Crippen LogP contribution in [0, 0.1) is 0 Å². The fourth-order valence-electron chi connectivity index (χ4n) is 10.0. The van der Waals surface area contributed by atoms with Gasteiger partial charge < -0.3 is 8.98 Å². The second-order valence-corrected chi connectivity index (χ2v) is 18.3. The Morgan fingerprint density at radius 2 is 1.06 bits per heavy atom. The van der Waals surface area contributed by atoms with Gasteiger partial charge >= 0.3 is 0 Å². The van der Waals surface area contributed by atoms with Crippen molar-refractivity contribution in [3.8, 4) is 51.0 Å². The zero-order valence-electron chi connectivity index (χ0n) is 35.3. The molecule has 0 fully saturated rings. The highest BCUT2D eigenvalue weighted by Gasteiger charge is 2.38. The first kappa shape index (κ1) is 36.5. The molecule has 1 aliphatic rings. The molecule has 5 nitrogen and oxygen atoms in total. The summed E-state index contributed by atoms with van der Waals surface area (Å²) in [6.45, 7) is 9.64. The minimum absolute atomic E-state index is 0.0816. The molecule has 3 heterocycles. The maximum absolute atomic E-state index is 6.56. The summed E-state index contributed by atoms with van der Waals surface area (Å²) in [6, 6.07) is 60.4. The number of fused-ring (bicyclic) bond motifs is 8. The fraction of sp³-hybridized carbons (Fsp3) is 0.140. The molecule has 0 bridgehead atoms. The van der Waals surface area contributed by atoms with Gasteiger partial charge in [0.1, 0.15) is 11.2 Å². The van der Waals surface area contributed by atoms with E-state index >= 15 is 0 Å². The molecule has 0 atom stereocenters. The van der Waals surface area contributed by atoms with Gasteiger partial charge in [-0.1, -0.05) is 149 Å². The van der Waals surface area contributed by atoms with Crippen molar-refractivity contribution in [1.29, 1.82) is 0 Å². The van der Waals surface area contributed by atoms with Gasteiger partial charge in [0.15, 0.2) is 17.5 Å². The molecule has 0 radical (unpaired) electrons. The first-order chi connectivity index (χ1) is 30.2. The van der Waals surface area contributed by atoms with Crippen LogP contribution in [-0.2, 0) is 10.8 Å². The van der Waals surface area contributed by atoms with Gasteiger partial charge in [-0.2, -0.15) is 0 Å². The summed E-state index contributed by atoms with van der Waals surface area (Å²) >= 11 is 0. The lowest BCUT2D eigenvalue weighted by Crippen LogP contribution is -2.33. The van der Waals surface area contributed by atoms with Gasteiger partial charge in [-0.05, 0) is 105 Å². The molecular formula is C57H44N4O. The Morgan fingerprint density at radius 1 is 0.435 bits per heavy atom. The second-order valence-electron chi connectivity index (χ2n) is 18.3. The van der Waals surface area contributed by atoms with Crippen molar-refractivity contribution < 1.29 is 4.42 Å². The van der Waals surface area contributed by atoms with E-state index in [1.807, 2.05) is 24.3 Å². The van der Waals surface area contributed by atoms with Crippen LogP contribution in [0.4, 0.5) is 0 Å². The Balaban J connectivity index is 1.09. The molecule has 0 unspecified atom stereocenters. The van der Waals surface area contributed by atoms with Gasteiger partial charge in [0, 0.05) is 38.4 Å². The number of nitrogens with zero attached hydrogens (tertiary/aromatic N) is 4. The maximum Gasteiger partial charge on any atom is 0.167 e. The molecule has 0 N–H and O–H groups in total. The smallest absolute Gasteiger partial charge is 0.167 e. The number of benzene rings is 8. The Bertz CT molecular complexity index is 3590. The predicted octanol–water partition coefficient (Wildman–Crippen LogP) is 15.0. The van der Waals surface area contributed by atoms with E-state index in [1.54, 1.807) is 0 Å². The molecule has 11 aromatic rings. The third-order valence-electron chi connectivity index (χ3n) is 13.5. The third-order valence-corrected chi connectivity index (χ3v) is 13.5. The number of hydrogen-bond donors (Lipinski definition) is 0. The van der Waals surface area contributed by atoms with Gasteiger partial charge in [-0.25, -0.2) is 15.0 Å². The first-order valence-electron chi connectivity index (χ1n) is 21.6. The van der Waals surface area contributed by atoms with Crippen LogP contribution in [0.25, 0.3) is 105 Å². The molecule has 8 aromatic carbocycles. The minimum Gasteiger partial charge on any atom is -0.455 e. The van der Waals surface area contributed by atoms with Gasteiger partial charge in [0.2, 0.25) is 0 Å². The Labute approximate surface area is 360 Å². The highest BCUT2D eigenvalue weighted by atomic mass is 16.3. The van der Waals surface area contributed by atoms with E-state index in [-0.39, 0.29) is 10.8 Å². The average molecular weight is 801 g/mol. The fourth-order valence-corrected chi connectivity index (χ4v) is 10.0. The van der Waals surface area contributed by atoms with Crippen LogP contribution in [0.5, 0.6) is 0 Å². The summed E-state index contributed by atoms with van der Waals surface area (Å²) in [4.78, 5) is 15.9. The molecule has 0 saturated heterocycles. The van der Waals surface area contributed by atoms with Crippen LogP contribution in [-0.4, -0.2) is 19.5 Å². The second kappa shape index (κ2) is 13.6. The lowest BCUT2D eigenvalue weighted by atomic mass is 9.63. The predicted molar refractivity (Wildman–Crippen MR) is 256 cm³/mol. The zero-order chi connectivity index (χ0) is 41.7. The molecule has 62 heavy (non-hydrogen) atoms. The van der Waals surface area contributed by atoms with Crippen molar-refractivity contribution in [2.75, 3.05) is 0 Å². The highest BCUT2D eigenvalue weighted by Crippen LogP contribution is 2.49. The van der Waals surface area contributed by atoms with Crippen LogP contribution in [0.15, 0.2) is 174 Å². The number of aromatic nitrogens is 4. The van der Waals surface area contributed by atoms with E-state index in [0.29, 0.717) is 17.5 Å². The number of furan rings is 1. The molecule has 3 aromatic heterocycles.